The first-order valence-electron chi connectivity index (χ1n) is 3.92. The highest BCUT2D eigenvalue weighted by atomic mass is 16.3. The van der Waals surface area contributed by atoms with Crippen molar-refractivity contribution in [3.8, 4) is 0 Å². The van der Waals surface area contributed by atoms with E-state index in [4.69, 9.17) is 5.11 Å². The van der Waals surface area contributed by atoms with E-state index in [1.54, 1.807) is 6.08 Å². The molecule has 2 aliphatic rings. The van der Waals surface area contributed by atoms with Gasteiger partial charge in [-0.1, -0.05) is 6.08 Å². The Morgan fingerprint density at radius 2 is 2.55 bits per heavy atom. The topological polar surface area (TPSA) is 40.5 Å². The molecule has 0 aromatic carbocycles. The van der Waals surface area contributed by atoms with Gasteiger partial charge in [0.15, 0.2) is 0 Å². The lowest BCUT2D eigenvalue weighted by molar-refractivity contribution is -0.125. The number of rotatable bonds is 1. The molecule has 0 saturated carbocycles. The summed E-state index contributed by atoms with van der Waals surface area (Å²) < 4.78 is 0. The third-order valence-electron chi connectivity index (χ3n) is 2.54. The fourth-order valence-corrected chi connectivity index (χ4v) is 1.87. The Bertz CT molecular complexity index is 212. The van der Waals surface area contributed by atoms with E-state index < -0.39 is 0 Å². The van der Waals surface area contributed by atoms with Crippen LogP contribution in [-0.4, -0.2) is 35.1 Å². The zero-order valence-electron chi connectivity index (χ0n) is 6.23. The highest BCUT2D eigenvalue weighted by Crippen LogP contribution is 2.28. The number of aliphatic hydroxyl groups is 1. The van der Waals surface area contributed by atoms with Crippen LogP contribution >= 0.6 is 0 Å². The third-order valence-corrected chi connectivity index (χ3v) is 2.54. The van der Waals surface area contributed by atoms with E-state index in [-0.39, 0.29) is 24.5 Å². The van der Waals surface area contributed by atoms with Crippen molar-refractivity contribution in [3.63, 3.8) is 0 Å². The van der Waals surface area contributed by atoms with Gasteiger partial charge in [-0.2, -0.15) is 0 Å². The molecule has 0 aromatic heterocycles. The fraction of sp³-hybridized carbons (Fsp3) is 0.625. The van der Waals surface area contributed by atoms with Gasteiger partial charge >= 0.3 is 0 Å². The molecule has 1 saturated heterocycles. The summed E-state index contributed by atoms with van der Waals surface area (Å²) in [4.78, 5) is 12.9. The van der Waals surface area contributed by atoms with Gasteiger partial charge in [0.05, 0.1) is 6.04 Å². The van der Waals surface area contributed by atoms with E-state index in [1.165, 1.54) is 0 Å². The first kappa shape index (κ1) is 6.85. The van der Waals surface area contributed by atoms with Crippen molar-refractivity contribution in [2.45, 2.75) is 12.5 Å². The molecule has 0 spiro atoms. The van der Waals surface area contributed by atoms with Crippen molar-refractivity contribution in [2.75, 3.05) is 13.2 Å². The quantitative estimate of drug-likeness (QED) is 0.565. The molecule has 2 heterocycles. The van der Waals surface area contributed by atoms with Gasteiger partial charge in [-0.3, -0.25) is 4.79 Å². The van der Waals surface area contributed by atoms with Gasteiger partial charge in [0.1, 0.15) is 0 Å². The fourth-order valence-electron chi connectivity index (χ4n) is 1.87. The highest BCUT2D eigenvalue weighted by molar-refractivity contribution is 5.91. The van der Waals surface area contributed by atoms with E-state index in [0.717, 1.165) is 13.0 Å². The van der Waals surface area contributed by atoms with Gasteiger partial charge in [0.2, 0.25) is 5.91 Å². The van der Waals surface area contributed by atoms with Crippen LogP contribution in [0.1, 0.15) is 6.42 Å². The van der Waals surface area contributed by atoms with E-state index in [9.17, 15) is 4.79 Å². The number of fused-ring (bicyclic) bond motifs is 1. The molecule has 2 atom stereocenters. The number of carbonyl (C=O) groups is 1. The van der Waals surface area contributed by atoms with E-state index in [0.29, 0.717) is 0 Å². The van der Waals surface area contributed by atoms with Crippen LogP contribution in [-0.2, 0) is 4.79 Å². The van der Waals surface area contributed by atoms with Crippen LogP contribution in [0.2, 0.25) is 0 Å². The number of amides is 1. The summed E-state index contributed by atoms with van der Waals surface area (Å²) in [5.41, 5.74) is 0. The molecule has 11 heavy (non-hydrogen) atoms. The molecule has 60 valence electrons. The molecule has 3 heteroatoms. The van der Waals surface area contributed by atoms with Crippen molar-refractivity contribution in [1.29, 1.82) is 0 Å². The summed E-state index contributed by atoms with van der Waals surface area (Å²) >= 11 is 0. The lowest BCUT2D eigenvalue weighted by Gasteiger charge is -2.17. The molecular weight excluding hydrogens is 142 g/mol. The molecular formula is C8H11NO2. The number of hydrogen-bond acceptors (Lipinski definition) is 2. The first-order chi connectivity index (χ1) is 5.33. The Morgan fingerprint density at radius 3 is 3.27 bits per heavy atom. The van der Waals surface area contributed by atoms with Crippen LogP contribution in [0.4, 0.5) is 0 Å². The first-order valence-corrected chi connectivity index (χ1v) is 3.92. The smallest absolute Gasteiger partial charge is 0.246 e. The molecule has 0 radical (unpaired) electrons. The van der Waals surface area contributed by atoms with Gasteiger partial charge in [0, 0.05) is 25.1 Å². The molecule has 0 unspecified atom stereocenters. The molecule has 2 aliphatic heterocycles. The van der Waals surface area contributed by atoms with Gasteiger partial charge < -0.3 is 10.0 Å². The second-order valence-corrected chi connectivity index (χ2v) is 3.11. The van der Waals surface area contributed by atoms with Crippen LogP contribution in [0.25, 0.3) is 0 Å². The molecule has 3 nitrogen and oxygen atoms in total. The molecule has 1 amide bonds. The third kappa shape index (κ3) is 0.878. The van der Waals surface area contributed by atoms with Gasteiger partial charge in [-0.05, 0) is 6.42 Å². The SMILES string of the molecule is O=C1C=C[C@@H]2[C@@H](CO)CCN12. The van der Waals surface area contributed by atoms with Gasteiger partial charge in [0.25, 0.3) is 0 Å². The average molecular weight is 153 g/mol. The highest BCUT2D eigenvalue weighted by Gasteiger charge is 2.37. The molecule has 1 N–H and O–H groups in total. The Hall–Kier alpha value is -0.830. The van der Waals surface area contributed by atoms with Gasteiger partial charge in [-0.15, -0.1) is 0 Å². The van der Waals surface area contributed by atoms with E-state index in [1.807, 2.05) is 11.0 Å². The minimum absolute atomic E-state index is 0.103. The van der Waals surface area contributed by atoms with E-state index in [2.05, 4.69) is 0 Å². The Labute approximate surface area is 65.3 Å². The van der Waals surface area contributed by atoms with Crippen LogP contribution in [0.5, 0.6) is 0 Å². The Kier molecular flexibility index (Phi) is 1.46. The van der Waals surface area contributed by atoms with Crippen molar-refractivity contribution in [3.05, 3.63) is 12.2 Å². The monoisotopic (exact) mass is 153 g/mol. The van der Waals surface area contributed by atoms with Crippen molar-refractivity contribution in [1.82, 2.24) is 4.90 Å². The summed E-state index contributed by atoms with van der Waals surface area (Å²) in [6.45, 7) is 1.00. The number of nitrogens with zero attached hydrogens (tertiary/aromatic N) is 1. The minimum Gasteiger partial charge on any atom is -0.396 e. The van der Waals surface area contributed by atoms with Gasteiger partial charge in [-0.25, -0.2) is 0 Å². The zero-order valence-corrected chi connectivity index (χ0v) is 6.23. The second kappa shape index (κ2) is 2.34. The molecule has 0 aromatic rings. The van der Waals surface area contributed by atoms with Crippen molar-refractivity contribution in [2.24, 2.45) is 5.92 Å². The number of hydrogen-bond donors (Lipinski definition) is 1. The van der Waals surface area contributed by atoms with Crippen LogP contribution < -0.4 is 0 Å². The largest absolute Gasteiger partial charge is 0.396 e. The summed E-state index contributed by atoms with van der Waals surface area (Å²) in [5, 5.41) is 8.93. The Morgan fingerprint density at radius 1 is 1.73 bits per heavy atom. The molecule has 1 fully saturated rings. The summed E-state index contributed by atoms with van der Waals surface area (Å²) in [5.74, 6) is 0.378. The summed E-state index contributed by atoms with van der Waals surface area (Å²) in [7, 11) is 0. The predicted molar refractivity (Wildman–Crippen MR) is 39.8 cm³/mol. The van der Waals surface area contributed by atoms with Crippen molar-refractivity contribution < 1.29 is 9.90 Å². The maximum absolute atomic E-state index is 11.1. The van der Waals surface area contributed by atoms with E-state index >= 15 is 0 Å². The standard InChI is InChI=1S/C8H11NO2/c10-5-6-3-4-9-7(6)1-2-8(9)11/h1-2,6-7,10H,3-5H2/t6-,7-/m1/s1. The number of carbonyl (C=O) groups excluding carboxylic acids is 1. The maximum atomic E-state index is 11.1. The van der Waals surface area contributed by atoms with Crippen LogP contribution in [0, 0.1) is 5.92 Å². The predicted octanol–water partition coefficient (Wildman–Crippen LogP) is -0.234. The minimum atomic E-state index is 0.103. The number of aliphatic hydroxyl groups excluding tert-OH is 1. The lowest BCUT2D eigenvalue weighted by Crippen LogP contribution is -2.31. The molecule has 2 rings (SSSR count). The van der Waals surface area contributed by atoms with Crippen molar-refractivity contribution >= 4 is 5.91 Å². The normalized spacial score (nSPS) is 35.0. The summed E-state index contributed by atoms with van der Waals surface area (Å²) in [6.07, 6.45) is 4.44. The van der Waals surface area contributed by atoms with Crippen LogP contribution in [0.3, 0.4) is 0 Å². The second-order valence-electron chi connectivity index (χ2n) is 3.11. The summed E-state index contributed by atoms with van der Waals surface area (Å²) in [6, 6.07) is 0.188. The lowest BCUT2D eigenvalue weighted by atomic mass is 10.0. The Balaban J connectivity index is 2.16. The maximum Gasteiger partial charge on any atom is 0.246 e. The molecule has 0 aliphatic carbocycles. The average Bonchev–Trinajstić information content (AvgIpc) is 2.53. The van der Waals surface area contributed by atoms with Crippen LogP contribution in [0.15, 0.2) is 12.2 Å². The molecule has 0 bridgehead atoms. The zero-order chi connectivity index (χ0) is 7.84.